The van der Waals surface area contributed by atoms with Gasteiger partial charge < -0.3 is 17.8 Å². The molecule has 0 N–H and O–H groups in total. The first-order chi connectivity index (χ1) is 8.97. The Morgan fingerprint density at radius 1 is 1.05 bits per heavy atom. The third kappa shape index (κ3) is 3.75. The lowest BCUT2D eigenvalue weighted by Gasteiger charge is -2.26. The molecule has 1 aliphatic heterocycles. The van der Waals surface area contributed by atoms with Crippen molar-refractivity contribution in [3.63, 3.8) is 0 Å². The van der Waals surface area contributed by atoms with Crippen LogP contribution in [0, 0.1) is 0 Å². The van der Waals surface area contributed by atoms with E-state index in [4.69, 9.17) is 0 Å². The van der Waals surface area contributed by atoms with Crippen LogP contribution < -0.4 is 5.46 Å². The Kier molecular flexibility index (Phi) is 4.17. The van der Waals surface area contributed by atoms with Crippen LogP contribution in [-0.4, -0.2) is 30.9 Å². The third-order valence-corrected chi connectivity index (χ3v) is 3.42. The van der Waals surface area contributed by atoms with Crippen molar-refractivity contribution < 1.29 is 17.7 Å². The fraction of sp³-hybridized carbons (Fsp3) is 0.462. The highest BCUT2D eigenvalue weighted by Crippen LogP contribution is 2.13. The average Bonchev–Trinajstić information content (AvgIpc) is 2.39. The summed E-state index contributed by atoms with van der Waals surface area (Å²) >= 11 is 0. The van der Waals surface area contributed by atoms with Gasteiger partial charge in [0.05, 0.1) is 6.42 Å². The van der Waals surface area contributed by atoms with Crippen LogP contribution in [0.5, 0.6) is 0 Å². The molecule has 0 radical (unpaired) electrons. The van der Waals surface area contributed by atoms with E-state index in [1.807, 2.05) is 0 Å². The molecular weight excluding hydrogens is 254 g/mol. The van der Waals surface area contributed by atoms with Gasteiger partial charge in [-0.15, -0.1) is 5.46 Å². The van der Waals surface area contributed by atoms with E-state index in [-0.39, 0.29) is 12.3 Å². The van der Waals surface area contributed by atoms with Crippen LogP contribution in [0.15, 0.2) is 24.3 Å². The molecule has 1 amide bonds. The average molecular weight is 270 g/mol. The number of piperidine rings is 1. The Hall–Kier alpha value is -1.46. The minimum absolute atomic E-state index is 0.00460. The number of carbonyl (C=O) groups excluding carboxylic acids is 1. The molecule has 0 unspecified atom stereocenters. The molecule has 2 nitrogen and oxygen atoms in total. The van der Waals surface area contributed by atoms with E-state index in [9.17, 15) is 17.7 Å². The van der Waals surface area contributed by atoms with Crippen LogP contribution in [-0.2, 0) is 11.2 Å². The van der Waals surface area contributed by atoms with Crippen molar-refractivity contribution in [3.8, 4) is 0 Å². The zero-order valence-corrected chi connectivity index (χ0v) is 10.6. The summed E-state index contributed by atoms with van der Waals surface area (Å²) in [6, 6.07) is 4.90. The lowest BCUT2D eigenvalue weighted by Crippen LogP contribution is -2.37. The fourth-order valence-electron chi connectivity index (χ4n) is 2.28. The summed E-state index contributed by atoms with van der Waals surface area (Å²) in [5.74, 6) is 0.00460. The Bertz CT molecular complexity index is 438. The van der Waals surface area contributed by atoms with Gasteiger partial charge in [-0.25, -0.2) is 0 Å². The maximum Gasteiger partial charge on any atom is 0.509 e. The minimum Gasteiger partial charge on any atom is -0.445 e. The second-order valence-corrected chi connectivity index (χ2v) is 4.93. The first-order valence-electron chi connectivity index (χ1n) is 6.53. The van der Waals surface area contributed by atoms with Gasteiger partial charge in [0.2, 0.25) is 5.91 Å². The Morgan fingerprint density at radius 3 is 2.16 bits per heavy atom. The monoisotopic (exact) mass is 270 g/mol. The zero-order valence-electron chi connectivity index (χ0n) is 10.6. The summed E-state index contributed by atoms with van der Waals surface area (Å²) < 4.78 is 37.4. The van der Waals surface area contributed by atoms with Crippen molar-refractivity contribution in [2.45, 2.75) is 25.7 Å². The number of hydrogen-bond acceptors (Lipinski definition) is 1. The molecule has 0 atom stereocenters. The Balaban J connectivity index is 1.97. The summed E-state index contributed by atoms with van der Waals surface area (Å²) in [5, 5.41) is 0. The van der Waals surface area contributed by atoms with Crippen LogP contribution in [0.4, 0.5) is 12.9 Å². The quantitative estimate of drug-likeness (QED) is 0.772. The standard InChI is InChI=1S/C13H16BF3NO/c15-14(16,17)12-6-4-11(5-7-12)10-13(19)18-8-2-1-3-9-18/h4-7H,1-3,8-10H2/q-1. The van der Waals surface area contributed by atoms with Crippen LogP contribution in [0.25, 0.3) is 0 Å². The van der Waals surface area contributed by atoms with Gasteiger partial charge in [-0.1, -0.05) is 24.3 Å². The molecular formula is C13H16BF3NO-. The van der Waals surface area contributed by atoms with E-state index in [0.29, 0.717) is 5.56 Å². The predicted octanol–water partition coefficient (Wildman–Crippen LogP) is 2.30. The molecule has 1 fully saturated rings. The van der Waals surface area contributed by atoms with Gasteiger partial charge >= 0.3 is 6.98 Å². The normalized spacial score (nSPS) is 16.5. The number of halogens is 3. The van der Waals surface area contributed by atoms with Gasteiger partial charge in [0.1, 0.15) is 0 Å². The van der Waals surface area contributed by atoms with Gasteiger partial charge in [-0.3, -0.25) is 4.79 Å². The largest absolute Gasteiger partial charge is 0.509 e. The van der Waals surface area contributed by atoms with Crippen LogP contribution in [0.1, 0.15) is 24.8 Å². The maximum atomic E-state index is 12.5. The van der Waals surface area contributed by atoms with E-state index >= 15 is 0 Å². The van der Waals surface area contributed by atoms with Gasteiger partial charge in [0.25, 0.3) is 0 Å². The third-order valence-electron chi connectivity index (χ3n) is 3.42. The van der Waals surface area contributed by atoms with Crippen LogP contribution in [0.2, 0.25) is 0 Å². The second kappa shape index (κ2) is 5.67. The van der Waals surface area contributed by atoms with E-state index in [1.54, 1.807) is 4.90 Å². The van der Waals surface area contributed by atoms with Gasteiger partial charge in [0, 0.05) is 13.1 Å². The number of likely N-dealkylation sites (tertiary alicyclic amines) is 1. The molecule has 0 bridgehead atoms. The van der Waals surface area contributed by atoms with Gasteiger partial charge in [-0.05, 0) is 24.8 Å². The molecule has 1 heterocycles. The van der Waals surface area contributed by atoms with E-state index < -0.39 is 12.4 Å². The minimum atomic E-state index is -4.95. The number of hydrogen-bond donors (Lipinski definition) is 0. The summed E-state index contributed by atoms with van der Waals surface area (Å²) in [7, 11) is 0. The maximum absolute atomic E-state index is 12.5. The fourth-order valence-corrected chi connectivity index (χ4v) is 2.28. The van der Waals surface area contributed by atoms with Crippen molar-refractivity contribution in [1.82, 2.24) is 4.90 Å². The number of benzene rings is 1. The molecule has 6 heteroatoms. The van der Waals surface area contributed by atoms with Crippen molar-refractivity contribution in [2.24, 2.45) is 0 Å². The molecule has 0 aromatic heterocycles. The second-order valence-electron chi connectivity index (χ2n) is 4.93. The highest BCUT2D eigenvalue weighted by Gasteiger charge is 2.25. The molecule has 1 aromatic rings. The molecule has 1 aromatic carbocycles. The van der Waals surface area contributed by atoms with Crippen LogP contribution in [0.3, 0.4) is 0 Å². The number of carbonyl (C=O) groups is 1. The number of rotatable bonds is 3. The lowest BCUT2D eigenvalue weighted by molar-refractivity contribution is -0.131. The summed E-state index contributed by atoms with van der Waals surface area (Å²) in [6.45, 7) is -3.42. The van der Waals surface area contributed by atoms with E-state index in [0.717, 1.165) is 44.5 Å². The smallest absolute Gasteiger partial charge is 0.445 e. The number of nitrogens with zero attached hydrogens (tertiary/aromatic N) is 1. The van der Waals surface area contributed by atoms with Crippen molar-refractivity contribution in [3.05, 3.63) is 29.8 Å². The molecule has 0 aliphatic carbocycles. The highest BCUT2D eigenvalue weighted by molar-refractivity contribution is 6.73. The Labute approximate surface area is 110 Å². The van der Waals surface area contributed by atoms with Crippen molar-refractivity contribution in [1.29, 1.82) is 0 Å². The van der Waals surface area contributed by atoms with E-state index in [1.165, 1.54) is 12.1 Å². The summed E-state index contributed by atoms with van der Waals surface area (Å²) in [6.07, 6.45) is 3.36. The number of amides is 1. The first kappa shape index (κ1) is 14.0. The van der Waals surface area contributed by atoms with Gasteiger partial charge in [-0.2, -0.15) is 0 Å². The molecule has 1 saturated heterocycles. The molecule has 1 aliphatic rings. The van der Waals surface area contributed by atoms with E-state index in [2.05, 4.69) is 0 Å². The van der Waals surface area contributed by atoms with Crippen molar-refractivity contribution in [2.75, 3.05) is 13.1 Å². The Morgan fingerprint density at radius 2 is 1.63 bits per heavy atom. The molecule has 2 rings (SSSR count). The lowest BCUT2D eigenvalue weighted by atomic mass is 9.80. The first-order valence-corrected chi connectivity index (χ1v) is 6.53. The summed E-state index contributed by atoms with van der Waals surface area (Å²) in [5.41, 5.74) is 0.0218. The van der Waals surface area contributed by atoms with Crippen LogP contribution >= 0.6 is 0 Å². The SMILES string of the molecule is O=C(Cc1ccc([B-](F)(F)F)cc1)N1CCCCC1. The van der Waals surface area contributed by atoms with Gasteiger partial charge in [0.15, 0.2) is 0 Å². The molecule has 104 valence electrons. The zero-order chi connectivity index (χ0) is 13.9. The molecule has 0 saturated carbocycles. The molecule has 19 heavy (non-hydrogen) atoms. The summed E-state index contributed by atoms with van der Waals surface area (Å²) in [4.78, 5) is 13.8. The predicted molar refractivity (Wildman–Crippen MR) is 69.3 cm³/mol. The molecule has 0 spiro atoms. The topological polar surface area (TPSA) is 20.3 Å². The highest BCUT2D eigenvalue weighted by atomic mass is 19.4. The van der Waals surface area contributed by atoms with Crippen molar-refractivity contribution >= 4 is 18.3 Å².